The minimum Gasteiger partial charge on any atom is -0.479 e. The summed E-state index contributed by atoms with van der Waals surface area (Å²) in [6.45, 7) is 10.9. The van der Waals surface area contributed by atoms with Crippen molar-refractivity contribution in [3.8, 4) is 0 Å². The van der Waals surface area contributed by atoms with Gasteiger partial charge in [0.15, 0.2) is 11.5 Å². The highest BCUT2D eigenvalue weighted by Crippen LogP contribution is 2.47. The Hall–Kier alpha value is -1.68. The second-order valence-electron chi connectivity index (χ2n) is 8.59. The van der Waals surface area contributed by atoms with Gasteiger partial charge >= 0.3 is 0 Å². The number of hydrogen-bond acceptors (Lipinski definition) is 4. The number of carbonyl (C=O) groups is 2. The zero-order chi connectivity index (χ0) is 19.1. The Morgan fingerprint density at radius 2 is 2.04 bits per heavy atom. The van der Waals surface area contributed by atoms with Crippen molar-refractivity contribution in [2.45, 2.75) is 71.0 Å². The average molecular weight is 358 g/mol. The summed E-state index contributed by atoms with van der Waals surface area (Å²) in [7, 11) is 1.46. The molecule has 1 fully saturated rings. The number of allylic oxidation sites excluding steroid dienone is 3. The molecule has 2 aliphatic carbocycles. The van der Waals surface area contributed by atoms with Gasteiger partial charge in [0.1, 0.15) is 11.7 Å². The molecule has 1 heterocycles. The van der Waals surface area contributed by atoms with Crippen LogP contribution in [0.4, 0.5) is 0 Å². The van der Waals surface area contributed by atoms with E-state index in [4.69, 9.17) is 9.47 Å². The molecule has 4 atom stereocenters. The van der Waals surface area contributed by atoms with Crippen LogP contribution < -0.4 is 0 Å². The molecule has 4 unspecified atom stereocenters. The third-order valence-electron chi connectivity index (χ3n) is 6.56. The number of Topliss-reactive ketones (excluding diaryl/α,β-unsaturated/α-hetero) is 2. The normalized spacial score (nSPS) is 37.6. The van der Waals surface area contributed by atoms with Crippen molar-refractivity contribution < 1.29 is 19.1 Å². The van der Waals surface area contributed by atoms with Gasteiger partial charge in [0.05, 0.1) is 5.57 Å². The van der Waals surface area contributed by atoms with E-state index in [0.717, 1.165) is 19.3 Å². The van der Waals surface area contributed by atoms with Gasteiger partial charge in [0, 0.05) is 13.5 Å². The number of hydrogen-bond donors (Lipinski definition) is 0. The molecule has 26 heavy (non-hydrogen) atoms. The zero-order valence-electron chi connectivity index (χ0n) is 16.4. The topological polar surface area (TPSA) is 52.6 Å². The van der Waals surface area contributed by atoms with Gasteiger partial charge in [-0.05, 0) is 56.1 Å². The van der Waals surface area contributed by atoms with Crippen LogP contribution >= 0.6 is 0 Å². The minimum absolute atomic E-state index is 0.0596. The lowest BCUT2D eigenvalue weighted by atomic mass is 9.65. The lowest BCUT2D eigenvalue weighted by molar-refractivity contribution is -0.135. The Balaban J connectivity index is 1.74. The van der Waals surface area contributed by atoms with E-state index >= 15 is 0 Å². The molecule has 0 N–H and O–H groups in total. The first kappa shape index (κ1) is 19.1. The molecule has 3 aliphatic rings. The van der Waals surface area contributed by atoms with E-state index in [1.54, 1.807) is 6.08 Å². The Kier molecular flexibility index (Phi) is 5.00. The lowest BCUT2D eigenvalue weighted by Crippen LogP contribution is -2.40. The maximum Gasteiger partial charge on any atom is 0.201 e. The van der Waals surface area contributed by atoms with Gasteiger partial charge in [-0.15, -0.1) is 0 Å². The van der Waals surface area contributed by atoms with E-state index in [-0.39, 0.29) is 29.2 Å². The van der Waals surface area contributed by atoms with Crippen molar-refractivity contribution in [3.63, 3.8) is 0 Å². The first-order valence-electron chi connectivity index (χ1n) is 9.61. The largest absolute Gasteiger partial charge is 0.479 e. The molecular formula is C22H30O4. The number of ether oxygens (including phenoxy) is 2. The molecule has 0 aromatic carbocycles. The van der Waals surface area contributed by atoms with Crippen LogP contribution in [0.15, 0.2) is 35.6 Å². The predicted octanol–water partition coefficient (Wildman–Crippen LogP) is 4.31. The number of ketones is 2. The van der Waals surface area contributed by atoms with Crippen LogP contribution in [-0.4, -0.2) is 30.4 Å². The molecule has 0 aromatic heterocycles. The van der Waals surface area contributed by atoms with Crippen molar-refractivity contribution in [2.75, 3.05) is 7.11 Å². The highest BCUT2D eigenvalue weighted by Gasteiger charge is 2.42. The van der Waals surface area contributed by atoms with Crippen molar-refractivity contribution >= 4 is 11.6 Å². The second kappa shape index (κ2) is 6.80. The molecular weight excluding hydrogens is 328 g/mol. The van der Waals surface area contributed by atoms with Crippen molar-refractivity contribution in [3.05, 3.63) is 35.6 Å². The van der Waals surface area contributed by atoms with Crippen molar-refractivity contribution in [1.29, 1.82) is 0 Å². The first-order valence-corrected chi connectivity index (χ1v) is 9.61. The third kappa shape index (κ3) is 3.32. The summed E-state index contributed by atoms with van der Waals surface area (Å²) in [6.07, 6.45) is 8.39. The maximum atomic E-state index is 12.4. The Labute approximate surface area is 156 Å². The zero-order valence-corrected chi connectivity index (χ0v) is 16.4. The van der Waals surface area contributed by atoms with Crippen LogP contribution in [0.5, 0.6) is 0 Å². The standard InChI is InChI=1S/C22H30O4/c1-14-7-6-9-21(3,15(14)2)11-12-22(4)10-8-16-19(24)18(25-5)13-17(23)20(16)26-22/h8,10,14,18H,2,6-7,9,11-13H2,1,3-5H3. The Bertz CT molecular complexity index is 701. The maximum absolute atomic E-state index is 12.4. The predicted molar refractivity (Wildman–Crippen MR) is 101 cm³/mol. The molecule has 4 heteroatoms. The molecule has 0 saturated heterocycles. The van der Waals surface area contributed by atoms with E-state index in [0.29, 0.717) is 11.5 Å². The highest BCUT2D eigenvalue weighted by molar-refractivity contribution is 6.14. The van der Waals surface area contributed by atoms with E-state index in [9.17, 15) is 9.59 Å². The highest BCUT2D eigenvalue weighted by atomic mass is 16.5. The van der Waals surface area contributed by atoms with Gasteiger partial charge in [0.2, 0.25) is 5.78 Å². The molecule has 1 saturated carbocycles. The summed E-state index contributed by atoms with van der Waals surface area (Å²) < 4.78 is 11.2. The molecule has 1 aliphatic heterocycles. The molecule has 0 spiro atoms. The van der Waals surface area contributed by atoms with Gasteiger partial charge in [0.25, 0.3) is 0 Å². The van der Waals surface area contributed by atoms with Gasteiger partial charge in [-0.1, -0.05) is 32.4 Å². The monoisotopic (exact) mass is 358 g/mol. The van der Waals surface area contributed by atoms with E-state index in [1.165, 1.54) is 25.5 Å². The lowest BCUT2D eigenvalue weighted by Gasteiger charge is -2.42. The fourth-order valence-corrected chi connectivity index (χ4v) is 4.45. The second-order valence-corrected chi connectivity index (χ2v) is 8.59. The number of rotatable bonds is 4. The summed E-state index contributed by atoms with van der Waals surface area (Å²) in [5, 5.41) is 0. The molecule has 0 aromatic rings. The van der Waals surface area contributed by atoms with Crippen LogP contribution in [0.2, 0.25) is 0 Å². The summed E-state index contributed by atoms with van der Waals surface area (Å²) in [4.78, 5) is 24.8. The smallest absolute Gasteiger partial charge is 0.201 e. The third-order valence-corrected chi connectivity index (χ3v) is 6.56. The molecule has 142 valence electrons. The van der Waals surface area contributed by atoms with Crippen molar-refractivity contribution in [1.82, 2.24) is 0 Å². The summed E-state index contributed by atoms with van der Waals surface area (Å²) in [6, 6.07) is 0. The molecule has 0 amide bonds. The SMILES string of the molecule is C=C1C(C)CCCC1(C)CCC1(C)C=CC2=C(O1)C(=O)CC(OC)C2=O. The summed E-state index contributed by atoms with van der Waals surface area (Å²) in [5.74, 6) is 0.460. The average Bonchev–Trinajstić information content (AvgIpc) is 2.61. The van der Waals surface area contributed by atoms with Crippen LogP contribution in [0.3, 0.4) is 0 Å². The van der Waals surface area contributed by atoms with Crippen LogP contribution in [0, 0.1) is 11.3 Å². The fourth-order valence-electron chi connectivity index (χ4n) is 4.45. The summed E-state index contributed by atoms with van der Waals surface area (Å²) in [5.41, 5.74) is 1.23. The number of carbonyl (C=O) groups excluding carboxylic acids is 2. The molecule has 0 radical (unpaired) electrons. The van der Waals surface area contributed by atoms with Gasteiger partial charge < -0.3 is 9.47 Å². The summed E-state index contributed by atoms with van der Waals surface area (Å²) >= 11 is 0. The molecule has 4 nitrogen and oxygen atoms in total. The van der Waals surface area contributed by atoms with Crippen LogP contribution in [0.1, 0.15) is 59.3 Å². The van der Waals surface area contributed by atoms with Crippen molar-refractivity contribution in [2.24, 2.45) is 11.3 Å². The van der Waals surface area contributed by atoms with Gasteiger partial charge in [-0.25, -0.2) is 0 Å². The van der Waals surface area contributed by atoms with E-state index in [1.807, 2.05) is 13.0 Å². The Morgan fingerprint density at radius 1 is 1.31 bits per heavy atom. The fraction of sp³-hybridized carbons (Fsp3) is 0.636. The molecule has 0 bridgehead atoms. The van der Waals surface area contributed by atoms with E-state index < -0.39 is 11.7 Å². The van der Waals surface area contributed by atoms with Crippen LogP contribution in [-0.2, 0) is 19.1 Å². The van der Waals surface area contributed by atoms with Crippen LogP contribution in [0.25, 0.3) is 0 Å². The Morgan fingerprint density at radius 3 is 2.73 bits per heavy atom. The van der Waals surface area contributed by atoms with E-state index in [2.05, 4.69) is 20.4 Å². The van der Waals surface area contributed by atoms with Gasteiger partial charge in [-0.2, -0.15) is 0 Å². The quantitative estimate of drug-likeness (QED) is 0.703. The minimum atomic E-state index is -0.690. The van der Waals surface area contributed by atoms with Gasteiger partial charge in [-0.3, -0.25) is 9.59 Å². The first-order chi connectivity index (χ1) is 12.2. The molecule has 3 rings (SSSR count). The number of methoxy groups -OCH3 is 1.